The van der Waals surface area contributed by atoms with E-state index in [1.54, 1.807) is 24.3 Å². The molecule has 1 saturated heterocycles. The summed E-state index contributed by atoms with van der Waals surface area (Å²) >= 11 is 0. The molecule has 6 heteroatoms. The molecule has 1 atom stereocenters. The van der Waals surface area contributed by atoms with Gasteiger partial charge in [-0.1, -0.05) is 48.0 Å². The van der Waals surface area contributed by atoms with Crippen molar-refractivity contribution in [1.82, 2.24) is 4.90 Å². The second kappa shape index (κ2) is 8.05. The van der Waals surface area contributed by atoms with E-state index in [-0.39, 0.29) is 24.0 Å². The fourth-order valence-electron chi connectivity index (χ4n) is 3.16. The molecule has 1 aliphatic rings. The molecule has 142 valence electrons. The second-order valence-corrected chi connectivity index (χ2v) is 9.09. The summed E-state index contributed by atoms with van der Waals surface area (Å²) in [6, 6.07) is 13.5. The normalized spacial score (nSPS) is 18.7. The smallest absolute Gasteiger partial charge is 0.247 e. The molecule has 1 heterocycles. The Morgan fingerprint density at radius 2 is 1.89 bits per heavy atom. The third-order valence-corrected chi connectivity index (χ3v) is 6.48. The van der Waals surface area contributed by atoms with Crippen molar-refractivity contribution in [2.24, 2.45) is 0 Å². The topological polar surface area (TPSA) is 54.5 Å². The zero-order valence-corrected chi connectivity index (χ0v) is 16.0. The average molecular weight is 387 g/mol. The predicted octanol–water partition coefficient (Wildman–Crippen LogP) is 3.36. The van der Waals surface area contributed by atoms with E-state index in [9.17, 15) is 17.6 Å². The Morgan fingerprint density at radius 3 is 2.52 bits per heavy atom. The standard InChI is InChI=1S/C21H22FNO3S/c1-16-6-8-17(9-7-16)10-11-21(24)23(19-12-13-27(25,26)15-19)14-18-4-2-3-5-20(18)22/h2-11,19H,12-15H2,1H3/b11-10+/t19-/m1/s1. The molecular weight excluding hydrogens is 365 g/mol. The van der Waals surface area contributed by atoms with Crippen LogP contribution in [0.15, 0.2) is 54.6 Å². The lowest BCUT2D eigenvalue weighted by Gasteiger charge is -2.27. The van der Waals surface area contributed by atoms with Crippen LogP contribution in [0.2, 0.25) is 0 Å². The minimum absolute atomic E-state index is 0.0456. The molecule has 27 heavy (non-hydrogen) atoms. The van der Waals surface area contributed by atoms with Crippen molar-refractivity contribution < 1.29 is 17.6 Å². The Bertz CT molecular complexity index is 952. The lowest BCUT2D eigenvalue weighted by atomic mass is 10.1. The summed E-state index contributed by atoms with van der Waals surface area (Å²) in [6.45, 7) is 2.03. The molecule has 0 N–H and O–H groups in total. The fourth-order valence-corrected chi connectivity index (χ4v) is 4.89. The van der Waals surface area contributed by atoms with Gasteiger partial charge in [-0.3, -0.25) is 4.79 Å². The van der Waals surface area contributed by atoms with E-state index in [1.165, 1.54) is 17.0 Å². The highest BCUT2D eigenvalue weighted by molar-refractivity contribution is 7.91. The molecule has 0 spiro atoms. The van der Waals surface area contributed by atoms with Gasteiger partial charge in [-0.15, -0.1) is 0 Å². The Labute approximate surface area is 159 Å². The summed E-state index contributed by atoms with van der Waals surface area (Å²) in [6.07, 6.45) is 3.50. The van der Waals surface area contributed by atoms with Gasteiger partial charge < -0.3 is 4.90 Å². The molecule has 4 nitrogen and oxygen atoms in total. The van der Waals surface area contributed by atoms with E-state index in [2.05, 4.69) is 0 Å². The van der Waals surface area contributed by atoms with Gasteiger partial charge in [0.15, 0.2) is 9.84 Å². The minimum atomic E-state index is -3.16. The van der Waals surface area contributed by atoms with Crippen LogP contribution in [0.4, 0.5) is 4.39 Å². The van der Waals surface area contributed by atoms with Gasteiger partial charge >= 0.3 is 0 Å². The molecule has 0 bridgehead atoms. The summed E-state index contributed by atoms with van der Waals surface area (Å²) in [5, 5.41) is 0. The summed E-state index contributed by atoms with van der Waals surface area (Å²) in [7, 11) is -3.16. The second-order valence-electron chi connectivity index (χ2n) is 6.86. The van der Waals surface area contributed by atoms with Crippen LogP contribution < -0.4 is 0 Å². The lowest BCUT2D eigenvalue weighted by molar-refractivity contribution is -0.128. The van der Waals surface area contributed by atoms with Crippen LogP contribution in [0.5, 0.6) is 0 Å². The van der Waals surface area contributed by atoms with E-state index < -0.39 is 21.7 Å². The van der Waals surface area contributed by atoms with Crippen molar-refractivity contribution in [3.63, 3.8) is 0 Å². The van der Waals surface area contributed by atoms with Crippen molar-refractivity contribution in [1.29, 1.82) is 0 Å². The van der Waals surface area contributed by atoms with E-state index in [1.807, 2.05) is 31.2 Å². The number of halogens is 1. The highest BCUT2D eigenvalue weighted by atomic mass is 32.2. The van der Waals surface area contributed by atoms with Gasteiger partial charge in [0.25, 0.3) is 0 Å². The molecule has 0 aromatic heterocycles. The van der Waals surface area contributed by atoms with Crippen molar-refractivity contribution in [3.05, 3.63) is 77.1 Å². The maximum atomic E-state index is 14.1. The van der Waals surface area contributed by atoms with Gasteiger partial charge in [0.1, 0.15) is 5.82 Å². The van der Waals surface area contributed by atoms with Crippen molar-refractivity contribution in [2.75, 3.05) is 11.5 Å². The van der Waals surface area contributed by atoms with Crippen molar-refractivity contribution >= 4 is 21.8 Å². The molecule has 2 aromatic carbocycles. The van der Waals surface area contributed by atoms with E-state index in [0.717, 1.165) is 11.1 Å². The van der Waals surface area contributed by atoms with Gasteiger partial charge in [0.2, 0.25) is 5.91 Å². The zero-order valence-electron chi connectivity index (χ0n) is 15.1. The van der Waals surface area contributed by atoms with Gasteiger partial charge in [-0.2, -0.15) is 0 Å². The van der Waals surface area contributed by atoms with E-state index in [4.69, 9.17) is 0 Å². The molecule has 0 unspecified atom stereocenters. The Hall–Kier alpha value is -2.47. The molecule has 1 aliphatic heterocycles. The SMILES string of the molecule is Cc1ccc(/C=C/C(=O)N(Cc2ccccc2F)[C@@H]2CCS(=O)(=O)C2)cc1. The first kappa shape index (κ1) is 19.3. The van der Waals surface area contributed by atoms with Crippen molar-refractivity contribution in [3.8, 4) is 0 Å². The third-order valence-electron chi connectivity index (χ3n) is 4.73. The first-order valence-electron chi connectivity index (χ1n) is 8.83. The Kier molecular flexibility index (Phi) is 5.75. The quantitative estimate of drug-likeness (QED) is 0.739. The number of sulfone groups is 1. The van der Waals surface area contributed by atoms with E-state index in [0.29, 0.717) is 12.0 Å². The summed E-state index contributed by atoms with van der Waals surface area (Å²) in [4.78, 5) is 14.3. The number of hydrogen-bond donors (Lipinski definition) is 0. The Balaban J connectivity index is 1.83. The number of benzene rings is 2. The first-order chi connectivity index (χ1) is 12.8. The van der Waals surface area contributed by atoms with Crippen LogP contribution >= 0.6 is 0 Å². The molecule has 0 radical (unpaired) electrons. The maximum absolute atomic E-state index is 14.1. The lowest BCUT2D eigenvalue weighted by Crippen LogP contribution is -2.39. The summed E-state index contributed by atoms with van der Waals surface area (Å²) in [5.74, 6) is -0.744. The van der Waals surface area contributed by atoms with Crippen LogP contribution in [-0.2, 0) is 21.2 Å². The molecule has 3 rings (SSSR count). The molecule has 0 aliphatic carbocycles. The minimum Gasteiger partial charge on any atom is -0.331 e. The van der Waals surface area contributed by atoms with Crippen LogP contribution in [0.1, 0.15) is 23.1 Å². The monoisotopic (exact) mass is 387 g/mol. The van der Waals surface area contributed by atoms with Gasteiger partial charge in [0, 0.05) is 24.2 Å². The zero-order chi connectivity index (χ0) is 19.4. The van der Waals surface area contributed by atoms with Crippen LogP contribution in [-0.4, -0.2) is 36.8 Å². The van der Waals surface area contributed by atoms with E-state index >= 15 is 0 Å². The largest absolute Gasteiger partial charge is 0.331 e. The summed E-state index contributed by atoms with van der Waals surface area (Å²) < 4.78 is 37.8. The third kappa shape index (κ3) is 5.04. The molecule has 1 fully saturated rings. The average Bonchev–Trinajstić information content (AvgIpc) is 3.00. The van der Waals surface area contributed by atoms with Crippen LogP contribution in [0, 0.1) is 12.7 Å². The number of rotatable bonds is 5. The number of aryl methyl sites for hydroxylation is 1. The maximum Gasteiger partial charge on any atom is 0.247 e. The highest BCUT2D eigenvalue weighted by Crippen LogP contribution is 2.22. The number of nitrogens with zero attached hydrogens (tertiary/aromatic N) is 1. The predicted molar refractivity (Wildman–Crippen MR) is 104 cm³/mol. The molecule has 1 amide bonds. The number of carbonyl (C=O) groups excluding carboxylic acids is 1. The molecule has 2 aromatic rings. The fraction of sp³-hybridized carbons (Fsp3) is 0.286. The van der Waals surface area contributed by atoms with Gasteiger partial charge in [-0.25, -0.2) is 12.8 Å². The first-order valence-corrected chi connectivity index (χ1v) is 10.7. The number of carbonyl (C=O) groups is 1. The summed E-state index contributed by atoms with van der Waals surface area (Å²) in [5.41, 5.74) is 2.37. The van der Waals surface area contributed by atoms with Crippen LogP contribution in [0.25, 0.3) is 6.08 Å². The molecule has 0 saturated carbocycles. The van der Waals surface area contributed by atoms with Gasteiger partial charge in [0.05, 0.1) is 11.5 Å². The van der Waals surface area contributed by atoms with Crippen molar-refractivity contribution in [2.45, 2.75) is 25.9 Å². The van der Waals surface area contributed by atoms with Crippen LogP contribution in [0.3, 0.4) is 0 Å². The highest BCUT2D eigenvalue weighted by Gasteiger charge is 2.34. The van der Waals surface area contributed by atoms with Gasteiger partial charge in [-0.05, 0) is 31.1 Å². The molecular formula is C21H22FNO3S. The number of amides is 1. The number of hydrogen-bond acceptors (Lipinski definition) is 3. The Morgan fingerprint density at radius 1 is 1.19 bits per heavy atom.